The standard InChI is InChI=1S/C35H36F3N5O5/c36-22-35(37,38)31-30(48-34(41-31)43-17-13-25(14-18-43)24-5-2-1-3-6-24)32(44)40-27-9-10-29(39-20-27)42-15-11-23(12-16-42)21-47-28-8-4-7-26(19-28)33(45)46/h1-10,19-20,23,25H,11-18,21-22H2,(H,40,44)(H,45,46). The van der Waals surface area contributed by atoms with Crippen molar-refractivity contribution in [2.75, 3.05) is 54.6 Å². The number of oxazole rings is 1. The van der Waals surface area contributed by atoms with Crippen molar-refractivity contribution in [3.63, 3.8) is 0 Å². The maximum Gasteiger partial charge on any atom is 0.335 e. The highest BCUT2D eigenvalue weighted by Gasteiger charge is 2.42. The molecule has 2 aromatic heterocycles. The number of carboxylic acids is 1. The van der Waals surface area contributed by atoms with Crippen molar-refractivity contribution in [2.24, 2.45) is 5.92 Å². The normalized spacial score (nSPS) is 16.1. The number of pyridine rings is 1. The lowest BCUT2D eigenvalue weighted by Gasteiger charge is -2.32. The molecule has 48 heavy (non-hydrogen) atoms. The van der Waals surface area contributed by atoms with Crippen LogP contribution in [0.3, 0.4) is 0 Å². The summed E-state index contributed by atoms with van der Waals surface area (Å²) in [5.41, 5.74) is 0.595. The summed E-state index contributed by atoms with van der Waals surface area (Å²) in [5, 5.41) is 11.7. The molecule has 2 aromatic carbocycles. The molecule has 2 N–H and O–H groups in total. The molecule has 6 rings (SSSR count). The zero-order valence-corrected chi connectivity index (χ0v) is 26.2. The first-order valence-electron chi connectivity index (χ1n) is 15.9. The number of benzene rings is 2. The smallest absolute Gasteiger partial charge is 0.335 e. The van der Waals surface area contributed by atoms with Crippen LogP contribution in [0, 0.1) is 5.92 Å². The molecule has 0 saturated carbocycles. The molecule has 4 heterocycles. The van der Waals surface area contributed by atoms with Crippen molar-refractivity contribution in [3.05, 3.63) is 95.5 Å². The molecule has 0 unspecified atom stereocenters. The van der Waals surface area contributed by atoms with Crippen molar-refractivity contribution < 1.29 is 37.0 Å². The Morgan fingerprint density at radius 3 is 2.35 bits per heavy atom. The van der Waals surface area contributed by atoms with Crippen LogP contribution in [0.5, 0.6) is 5.75 Å². The molecule has 0 bridgehead atoms. The minimum absolute atomic E-state index is 0.133. The predicted molar refractivity (Wildman–Crippen MR) is 173 cm³/mol. The van der Waals surface area contributed by atoms with Gasteiger partial charge in [0.25, 0.3) is 11.9 Å². The van der Waals surface area contributed by atoms with E-state index in [0.29, 0.717) is 50.3 Å². The average Bonchev–Trinajstić information content (AvgIpc) is 3.59. The summed E-state index contributed by atoms with van der Waals surface area (Å²) in [6, 6.07) is 19.6. The van der Waals surface area contributed by atoms with Gasteiger partial charge in [-0.25, -0.2) is 14.2 Å². The van der Waals surface area contributed by atoms with Crippen molar-refractivity contribution >= 4 is 29.4 Å². The van der Waals surface area contributed by atoms with E-state index in [9.17, 15) is 27.9 Å². The van der Waals surface area contributed by atoms with Gasteiger partial charge in [-0.2, -0.15) is 13.8 Å². The monoisotopic (exact) mass is 663 g/mol. The van der Waals surface area contributed by atoms with Crippen LogP contribution >= 0.6 is 0 Å². The fraction of sp³-hybridized carbons (Fsp3) is 0.371. The molecule has 2 fully saturated rings. The maximum atomic E-state index is 14.6. The van der Waals surface area contributed by atoms with E-state index in [1.807, 2.05) is 18.2 Å². The van der Waals surface area contributed by atoms with E-state index in [2.05, 4.69) is 32.3 Å². The fourth-order valence-corrected chi connectivity index (χ4v) is 6.14. The molecule has 2 saturated heterocycles. The quantitative estimate of drug-likeness (QED) is 0.179. The topological polar surface area (TPSA) is 121 Å². The Hall–Kier alpha value is -5.07. The number of anilines is 3. The summed E-state index contributed by atoms with van der Waals surface area (Å²) in [6.07, 6.45) is 4.59. The fourth-order valence-electron chi connectivity index (χ4n) is 6.14. The Morgan fingerprint density at radius 2 is 1.69 bits per heavy atom. The summed E-state index contributed by atoms with van der Waals surface area (Å²) in [7, 11) is 0. The SMILES string of the molecule is O=C(O)c1cccc(OCC2CCN(c3ccc(NC(=O)c4oc(N5CCC(c6ccccc6)CC5)nc4C(F)(F)CF)cn3)CC2)c1. The van der Waals surface area contributed by atoms with Gasteiger partial charge in [-0.1, -0.05) is 36.4 Å². The molecule has 2 aliphatic heterocycles. The third kappa shape index (κ3) is 7.56. The summed E-state index contributed by atoms with van der Waals surface area (Å²) >= 11 is 0. The highest BCUT2D eigenvalue weighted by molar-refractivity contribution is 6.03. The summed E-state index contributed by atoms with van der Waals surface area (Å²) in [6.45, 7) is 0.844. The third-order valence-corrected chi connectivity index (χ3v) is 8.88. The van der Waals surface area contributed by atoms with Crippen molar-refractivity contribution in [3.8, 4) is 5.75 Å². The number of carbonyl (C=O) groups is 2. The molecule has 0 aliphatic carbocycles. The van der Waals surface area contributed by atoms with Gasteiger partial charge >= 0.3 is 11.9 Å². The largest absolute Gasteiger partial charge is 0.493 e. The molecular weight excluding hydrogens is 627 g/mol. The number of aromatic nitrogens is 2. The molecule has 0 atom stereocenters. The van der Waals surface area contributed by atoms with E-state index < -0.39 is 35.9 Å². The van der Waals surface area contributed by atoms with Crippen LogP contribution < -0.4 is 19.9 Å². The Bertz CT molecular complexity index is 1700. The second-order valence-electron chi connectivity index (χ2n) is 12.1. The minimum Gasteiger partial charge on any atom is -0.493 e. The zero-order valence-electron chi connectivity index (χ0n) is 26.2. The first kappa shape index (κ1) is 32.9. The van der Waals surface area contributed by atoms with Gasteiger partial charge in [0.05, 0.1) is 24.1 Å². The molecule has 0 radical (unpaired) electrons. The molecule has 0 spiro atoms. The molecule has 252 valence electrons. The lowest BCUT2D eigenvalue weighted by molar-refractivity contribution is -0.0329. The number of rotatable bonds is 11. The lowest BCUT2D eigenvalue weighted by atomic mass is 9.90. The number of aromatic carboxylic acids is 1. The number of ether oxygens (including phenoxy) is 1. The summed E-state index contributed by atoms with van der Waals surface area (Å²) < 4.78 is 54.1. The number of carbonyl (C=O) groups excluding carboxylic acids is 1. The summed E-state index contributed by atoms with van der Waals surface area (Å²) in [5.74, 6) is -4.92. The van der Waals surface area contributed by atoms with Crippen molar-refractivity contribution in [1.82, 2.24) is 9.97 Å². The van der Waals surface area contributed by atoms with Gasteiger partial charge in [0, 0.05) is 26.2 Å². The minimum atomic E-state index is -4.00. The average molecular weight is 664 g/mol. The number of hydrogen-bond donors (Lipinski definition) is 2. The van der Waals surface area contributed by atoms with Gasteiger partial charge in [-0.15, -0.1) is 0 Å². The van der Waals surface area contributed by atoms with Crippen molar-refractivity contribution in [2.45, 2.75) is 37.5 Å². The van der Waals surface area contributed by atoms with E-state index in [-0.39, 0.29) is 23.2 Å². The second kappa shape index (κ2) is 14.4. The molecule has 13 heteroatoms. The zero-order chi connectivity index (χ0) is 33.7. The Morgan fingerprint density at radius 1 is 0.958 bits per heavy atom. The van der Waals surface area contributed by atoms with Gasteiger partial charge < -0.3 is 29.4 Å². The first-order valence-corrected chi connectivity index (χ1v) is 15.9. The van der Waals surface area contributed by atoms with Gasteiger partial charge in [-0.3, -0.25) is 4.79 Å². The highest BCUT2D eigenvalue weighted by atomic mass is 19.3. The van der Waals surface area contributed by atoms with Gasteiger partial charge in [0.2, 0.25) is 5.76 Å². The molecular formula is C35H36F3N5O5. The Labute approximate surface area is 275 Å². The first-order chi connectivity index (χ1) is 23.2. The Balaban J connectivity index is 1.05. The van der Waals surface area contributed by atoms with Crippen LogP contribution in [-0.4, -0.2) is 66.4 Å². The second-order valence-corrected chi connectivity index (χ2v) is 12.1. The van der Waals surface area contributed by atoms with E-state index in [1.54, 1.807) is 29.2 Å². The van der Waals surface area contributed by atoms with Crippen LogP contribution in [0.15, 0.2) is 77.3 Å². The van der Waals surface area contributed by atoms with Crippen LogP contribution in [-0.2, 0) is 5.92 Å². The van der Waals surface area contributed by atoms with Crippen LogP contribution in [0.2, 0.25) is 0 Å². The molecule has 1 amide bonds. The molecule has 10 nitrogen and oxygen atoms in total. The number of alkyl halides is 3. The predicted octanol–water partition coefficient (Wildman–Crippen LogP) is 6.76. The van der Waals surface area contributed by atoms with E-state index >= 15 is 0 Å². The van der Waals surface area contributed by atoms with Crippen LogP contribution in [0.4, 0.5) is 30.7 Å². The van der Waals surface area contributed by atoms with E-state index in [4.69, 9.17) is 9.15 Å². The van der Waals surface area contributed by atoms with Crippen LogP contribution in [0.1, 0.15) is 63.8 Å². The summed E-state index contributed by atoms with van der Waals surface area (Å²) in [4.78, 5) is 36.5. The van der Waals surface area contributed by atoms with Crippen LogP contribution in [0.25, 0.3) is 0 Å². The number of hydrogen-bond acceptors (Lipinski definition) is 8. The van der Waals surface area contributed by atoms with E-state index in [0.717, 1.165) is 25.7 Å². The lowest BCUT2D eigenvalue weighted by Crippen LogP contribution is -2.36. The number of amides is 1. The molecule has 4 aromatic rings. The number of nitrogens with one attached hydrogen (secondary N) is 1. The number of piperidine rings is 2. The number of nitrogens with zero attached hydrogens (tertiary/aromatic N) is 4. The van der Waals surface area contributed by atoms with Crippen molar-refractivity contribution in [1.29, 1.82) is 0 Å². The highest BCUT2D eigenvalue weighted by Crippen LogP contribution is 2.36. The Kier molecular flexibility index (Phi) is 9.83. The number of halogens is 3. The third-order valence-electron chi connectivity index (χ3n) is 8.88. The van der Waals surface area contributed by atoms with Gasteiger partial charge in [0.1, 0.15) is 11.6 Å². The maximum absolute atomic E-state index is 14.6. The van der Waals surface area contributed by atoms with Gasteiger partial charge in [0.15, 0.2) is 12.4 Å². The van der Waals surface area contributed by atoms with E-state index in [1.165, 1.54) is 23.9 Å². The van der Waals surface area contributed by atoms with Gasteiger partial charge in [-0.05, 0) is 73.4 Å². The molecule has 2 aliphatic rings. The number of carboxylic acid groups (broad SMARTS) is 1.